The van der Waals surface area contributed by atoms with Crippen LogP contribution in [0.15, 0.2) is 18.2 Å². The van der Waals surface area contributed by atoms with Gasteiger partial charge in [0, 0.05) is 8.35 Å². The summed E-state index contributed by atoms with van der Waals surface area (Å²) in [6.45, 7) is 6.16. The molecule has 0 saturated carbocycles. The molecule has 0 aliphatic carbocycles. The van der Waals surface area contributed by atoms with Crippen LogP contribution in [0.4, 0.5) is 13.2 Å². The quantitative estimate of drug-likeness (QED) is 0.633. The normalized spacial score (nSPS) is 10.5. The summed E-state index contributed by atoms with van der Waals surface area (Å²) in [7, 11) is 0. The van der Waals surface area contributed by atoms with Crippen molar-refractivity contribution >= 4 is 0 Å². The van der Waals surface area contributed by atoms with Crippen LogP contribution in [0.1, 0.15) is 33.3 Å². The molecule has 0 bridgehead atoms. The molecule has 0 amide bonds. The zero-order valence-corrected chi connectivity index (χ0v) is 8.87. The monoisotopic (exact) mass is 206 g/mol. The smallest absolute Gasteiger partial charge is 0.206 e. The van der Waals surface area contributed by atoms with Gasteiger partial charge in [0.25, 0.3) is 5.92 Å². The lowest BCUT2D eigenvalue weighted by Gasteiger charge is -2.13. The van der Waals surface area contributed by atoms with Gasteiger partial charge in [0.1, 0.15) is 5.82 Å². The minimum absolute atomic E-state index is 0. The second-order valence-electron chi connectivity index (χ2n) is 2.82. The number of hydrogen-bond donors (Lipinski definition) is 0. The first-order chi connectivity index (χ1) is 6.43. The maximum atomic E-state index is 12.9. The van der Waals surface area contributed by atoms with Crippen molar-refractivity contribution in [3.63, 3.8) is 0 Å². The fourth-order valence-corrected chi connectivity index (χ4v) is 1.19. The lowest BCUT2D eigenvalue weighted by Crippen LogP contribution is -2.11. The van der Waals surface area contributed by atoms with Crippen molar-refractivity contribution in [1.82, 2.24) is 0 Å². The summed E-state index contributed by atoms with van der Waals surface area (Å²) >= 11 is 0. The molecule has 1 aromatic carbocycles. The Morgan fingerprint density at radius 3 is 2.00 bits per heavy atom. The van der Waals surface area contributed by atoms with E-state index in [2.05, 4.69) is 0 Å². The van der Waals surface area contributed by atoms with Gasteiger partial charge in [-0.05, 0) is 18.6 Å². The lowest BCUT2D eigenvalue weighted by atomic mass is 10.0. The Labute approximate surface area is 84.2 Å². The first-order valence-electron chi connectivity index (χ1n) is 4.56. The summed E-state index contributed by atoms with van der Waals surface area (Å²) in [5.74, 6) is -3.95. The average molecular weight is 206 g/mol. The highest BCUT2D eigenvalue weighted by atomic mass is 19.3. The molecule has 0 aliphatic rings. The average Bonchev–Trinajstić information content (AvgIpc) is 2.05. The third kappa shape index (κ3) is 3.05. The SMILES string of the molecule is CC.Cc1cccc(F)c1C(C)(F)F.[HH]. The zero-order valence-electron chi connectivity index (χ0n) is 8.87. The Morgan fingerprint density at radius 1 is 1.21 bits per heavy atom. The summed E-state index contributed by atoms with van der Waals surface area (Å²) in [4.78, 5) is 0. The van der Waals surface area contributed by atoms with Crippen molar-refractivity contribution in [2.24, 2.45) is 0 Å². The molecular weight excluding hydrogens is 189 g/mol. The molecule has 1 rings (SSSR count). The number of halogens is 3. The molecule has 14 heavy (non-hydrogen) atoms. The van der Waals surface area contributed by atoms with Gasteiger partial charge in [0.05, 0.1) is 5.56 Å². The van der Waals surface area contributed by atoms with Crippen molar-refractivity contribution in [2.45, 2.75) is 33.6 Å². The van der Waals surface area contributed by atoms with Crippen LogP contribution in [-0.2, 0) is 5.92 Å². The Balaban J connectivity index is 0. The van der Waals surface area contributed by atoms with Crippen LogP contribution in [0, 0.1) is 12.7 Å². The molecule has 82 valence electrons. The van der Waals surface area contributed by atoms with Gasteiger partial charge in [-0.15, -0.1) is 0 Å². The summed E-state index contributed by atoms with van der Waals surface area (Å²) in [6.07, 6.45) is 0. The summed E-state index contributed by atoms with van der Waals surface area (Å²) in [6, 6.07) is 3.93. The van der Waals surface area contributed by atoms with E-state index in [0.29, 0.717) is 6.92 Å². The second-order valence-corrected chi connectivity index (χ2v) is 2.82. The van der Waals surface area contributed by atoms with Crippen molar-refractivity contribution in [1.29, 1.82) is 0 Å². The second kappa shape index (κ2) is 5.03. The number of rotatable bonds is 1. The topological polar surface area (TPSA) is 0 Å². The fourth-order valence-electron chi connectivity index (χ4n) is 1.19. The van der Waals surface area contributed by atoms with Gasteiger partial charge in [-0.3, -0.25) is 0 Å². The number of benzene rings is 1. The molecule has 0 atom stereocenters. The first kappa shape index (κ1) is 13.0. The van der Waals surface area contributed by atoms with Crippen LogP contribution < -0.4 is 0 Å². The third-order valence-electron chi connectivity index (χ3n) is 1.66. The van der Waals surface area contributed by atoms with Gasteiger partial charge in [0.2, 0.25) is 0 Å². The van der Waals surface area contributed by atoms with E-state index >= 15 is 0 Å². The van der Waals surface area contributed by atoms with Crippen LogP contribution in [0.2, 0.25) is 0 Å². The maximum Gasteiger partial charge on any atom is 0.273 e. The third-order valence-corrected chi connectivity index (χ3v) is 1.66. The minimum Gasteiger partial charge on any atom is -0.206 e. The van der Waals surface area contributed by atoms with Crippen molar-refractivity contribution in [3.05, 3.63) is 35.1 Å². The van der Waals surface area contributed by atoms with E-state index in [9.17, 15) is 13.2 Å². The molecule has 0 aliphatic heterocycles. The molecule has 0 unspecified atom stereocenters. The van der Waals surface area contributed by atoms with Gasteiger partial charge in [0.15, 0.2) is 0 Å². The van der Waals surface area contributed by atoms with Crippen molar-refractivity contribution in [2.75, 3.05) is 0 Å². The fraction of sp³-hybridized carbons (Fsp3) is 0.455. The van der Waals surface area contributed by atoms with Gasteiger partial charge in [-0.2, -0.15) is 0 Å². The highest BCUT2D eigenvalue weighted by Gasteiger charge is 2.29. The molecule has 0 heterocycles. The van der Waals surface area contributed by atoms with E-state index in [1.807, 2.05) is 13.8 Å². The van der Waals surface area contributed by atoms with E-state index in [0.717, 1.165) is 6.07 Å². The molecule has 0 spiro atoms. The summed E-state index contributed by atoms with van der Waals surface area (Å²) in [5.41, 5.74) is -0.229. The molecule has 0 N–H and O–H groups in total. The Morgan fingerprint density at radius 2 is 1.71 bits per heavy atom. The first-order valence-corrected chi connectivity index (χ1v) is 4.56. The summed E-state index contributed by atoms with van der Waals surface area (Å²) in [5, 5.41) is 0. The van der Waals surface area contributed by atoms with Gasteiger partial charge >= 0.3 is 0 Å². The van der Waals surface area contributed by atoms with Crippen LogP contribution in [0.25, 0.3) is 0 Å². The van der Waals surface area contributed by atoms with Gasteiger partial charge < -0.3 is 0 Å². The molecule has 3 heteroatoms. The zero-order chi connectivity index (χ0) is 11.4. The highest BCUT2D eigenvalue weighted by Crippen LogP contribution is 2.31. The molecular formula is C11H17F3. The van der Waals surface area contributed by atoms with Crippen LogP contribution in [0.3, 0.4) is 0 Å². The standard InChI is InChI=1S/C9H9F3.C2H6.H2/c1-6-4-3-5-7(10)8(6)9(2,11)12;1-2;/h3-5H,1-2H3;1-2H3;1H. The maximum absolute atomic E-state index is 12.9. The van der Waals surface area contributed by atoms with Crippen LogP contribution in [-0.4, -0.2) is 0 Å². The molecule has 0 nitrogen and oxygen atoms in total. The highest BCUT2D eigenvalue weighted by molar-refractivity contribution is 5.30. The number of alkyl halides is 2. The molecule has 0 radical (unpaired) electrons. The largest absolute Gasteiger partial charge is 0.273 e. The predicted octanol–water partition coefficient (Wildman–Crippen LogP) is 4.52. The van der Waals surface area contributed by atoms with E-state index in [1.165, 1.54) is 19.1 Å². The van der Waals surface area contributed by atoms with Crippen molar-refractivity contribution < 1.29 is 14.6 Å². The minimum atomic E-state index is -3.10. The molecule has 0 aromatic heterocycles. The van der Waals surface area contributed by atoms with Crippen LogP contribution in [0.5, 0.6) is 0 Å². The molecule has 1 aromatic rings. The molecule has 0 fully saturated rings. The van der Waals surface area contributed by atoms with E-state index in [1.54, 1.807) is 0 Å². The van der Waals surface area contributed by atoms with E-state index < -0.39 is 17.3 Å². The lowest BCUT2D eigenvalue weighted by molar-refractivity contribution is 0.0131. The van der Waals surface area contributed by atoms with E-state index in [-0.39, 0.29) is 6.99 Å². The Bertz CT molecular complexity index is 272. The summed E-state index contributed by atoms with van der Waals surface area (Å²) < 4.78 is 38.3. The number of hydrogen-bond acceptors (Lipinski definition) is 0. The van der Waals surface area contributed by atoms with Crippen LogP contribution >= 0.6 is 0 Å². The van der Waals surface area contributed by atoms with Crippen molar-refractivity contribution in [3.8, 4) is 0 Å². The molecule has 0 saturated heterocycles. The number of aryl methyl sites for hydroxylation is 1. The Hall–Kier alpha value is -0.990. The predicted molar refractivity (Wildman–Crippen MR) is 54.2 cm³/mol. The van der Waals surface area contributed by atoms with Gasteiger partial charge in [-0.1, -0.05) is 26.0 Å². The Kier molecular flexibility index (Phi) is 4.68. The van der Waals surface area contributed by atoms with Gasteiger partial charge in [-0.25, -0.2) is 13.2 Å². The van der Waals surface area contributed by atoms with E-state index in [4.69, 9.17) is 0 Å².